The Labute approximate surface area is 167 Å². The molecular formula is C22H20N4O3. The van der Waals surface area contributed by atoms with Crippen molar-refractivity contribution >= 4 is 5.91 Å². The van der Waals surface area contributed by atoms with E-state index in [0.29, 0.717) is 34.8 Å². The van der Waals surface area contributed by atoms with E-state index in [9.17, 15) is 9.59 Å². The molecule has 7 nitrogen and oxygen atoms in total. The van der Waals surface area contributed by atoms with Crippen LogP contribution in [0, 0.1) is 0 Å². The molecule has 0 bridgehead atoms. The molecule has 0 aliphatic carbocycles. The van der Waals surface area contributed by atoms with E-state index >= 15 is 0 Å². The molecule has 0 saturated carbocycles. The summed E-state index contributed by atoms with van der Waals surface area (Å²) in [4.78, 5) is 25.8. The molecule has 0 radical (unpaired) electrons. The van der Waals surface area contributed by atoms with E-state index in [2.05, 4.69) is 10.4 Å². The van der Waals surface area contributed by atoms with Crippen LogP contribution in [-0.2, 0) is 13.6 Å². The van der Waals surface area contributed by atoms with Crippen LogP contribution in [0.1, 0.15) is 15.9 Å². The molecule has 2 aliphatic rings. The maximum atomic E-state index is 12.9. The largest absolute Gasteiger partial charge is 0.496 e. The number of methoxy groups -OCH3 is 1. The summed E-state index contributed by atoms with van der Waals surface area (Å²) in [5.74, 6) is 0.390. The van der Waals surface area contributed by atoms with Crippen LogP contribution in [0.4, 0.5) is 0 Å². The number of amides is 1. The number of nitrogens with zero attached hydrogens (tertiary/aromatic N) is 3. The Kier molecular flexibility index (Phi) is 4.87. The maximum absolute atomic E-state index is 12.9. The van der Waals surface area contributed by atoms with Gasteiger partial charge in [0.2, 0.25) is 0 Å². The number of hydrogen-bond acceptors (Lipinski definition) is 4. The van der Waals surface area contributed by atoms with E-state index in [0.717, 1.165) is 5.56 Å². The SMILES string of the molecule is COc1ccccc1CNC(=O)c1cn(C)cc2c(=O)n(-c3ccccc3)nc1-2. The summed E-state index contributed by atoms with van der Waals surface area (Å²) in [7, 11) is 3.36. The number of fused-ring (bicyclic) bond motifs is 1. The second-order valence-corrected chi connectivity index (χ2v) is 6.65. The van der Waals surface area contributed by atoms with E-state index in [1.54, 1.807) is 43.3 Å². The minimum atomic E-state index is -0.310. The smallest absolute Gasteiger partial charge is 0.282 e. The van der Waals surface area contributed by atoms with Gasteiger partial charge < -0.3 is 14.6 Å². The third kappa shape index (κ3) is 3.50. The van der Waals surface area contributed by atoms with Crippen molar-refractivity contribution in [1.29, 1.82) is 0 Å². The summed E-state index contributed by atoms with van der Waals surface area (Å²) in [6.07, 6.45) is 3.35. The van der Waals surface area contributed by atoms with Crippen LogP contribution in [0.2, 0.25) is 0 Å². The standard InChI is InChI=1S/C22H20N4O3/c1-25-13-17(21(27)23-12-15-8-6-7-11-19(15)29-2)20-18(14-25)22(28)26(24-20)16-9-4-3-5-10-16/h3-11,13-14H,12H2,1-2H3,(H,23,27). The van der Waals surface area contributed by atoms with Gasteiger partial charge in [0.25, 0.3) is 11.5 Å². The molecule has 0 unspecified atom stereocenters. The van der Waals surface area contributed by atoms with Crippen LogP contribution in [-0.4, -0.2) is 27.4 Å². The second-order valence-electron chi connectivity index (χ2n) is 6.65. The lowest BCUT2D eigenvalue weighted by Crippen LogP contribution is -2.25. The topological polar surface area (TPSA) is 78.1 Å². The molecule has 2 heterocycles. The van der Waals surface area contributed by atoms with Crippen molar-refractivity contribution in [1.82, 2.24) is 19.7 Å². The third-order valence-electron chi connectivity index (χ3n) is 4.68. The van der Waals surface area contributed by atoms with E-state index < -0.39 is 0 Å². The fraction of sp³-hybridized carbons (Fsp3) is 0.136. The first-order chi connectivity index (χ1) is 14.1. The molecule has 2 aromatic carbocycles. The van der Waals surface area contributed by atoms with Crippen molar-refractivity contribution in [3.05, 3.63) is 88.5 Å². The van der Waals surface area contributed by atoms with Gasteiger partial charge in [0.05, 0.1) is 23.9 Å². The Morgan fingerprint density at radius 1 is 1.07 bits per heavy atom. The fourth-order valence-corrected chi connectivity index (χ4v) is 3.27. The molecule has 1 amide bonds. The first-order valence-corrected chi connectivity index (χ1v) is 9.13. The number of benzene rings is 2. The van der Waals surface area contributed by atoms with Crippen molar-refractivity contribution < 1.29 is 9.53 Å². The Morgan fingerprint density at radius 2 is 1.79 bits per heavy atom. The molecule has 0 fully saturated rings. The van der Waals surface area contributed by atoms with Gasteiger partial charge in [0, 0.05) is 31.5 Å². The molecule has 0 saturated heterocycles. The Balaban J connectivity index is 1.70. The quantitative estimate of drug-likeness (QED) is 0.570. The Hall–Kier alpha value is -3.87. The van der Waals surface area contributed by atoms with E-state index in [4.69, 9.17) is 4.74 Å². The average Bonchev–Trinajstić information content (AvgIpc) is 3.08. The fourth-order valence-electron chi connectivity index (χ4n) is 3.27. The molecule has 2 aliphatic heterocycles. The van der Waals surface area contributed by atoms with Crippen molar-refractivity contribution in [3.8, 4) is 22.7 Å². The van der Waals surface area contributed by atoms with Gasteiger partial charge in [-0.2, -0.15) is 9.78 Å². The number of nitrogens with one attached hydrogen (secondary N) is 1. The Bertz CT molecular complexity index is 1190. The van der Waals surface area contributed by atoms with E-state index in [1.807, 2.05) is 42.5 Å². The number of pyridine rings is 1. The second kappa shape index (κ2) is 7.63. The van der Waals surface area contributed by atoms with Crippen LogP contribution >= 0.6 is 0 Å². The molecule has 146 valence electrons. The van der Waals surface area contributed by atoms with Crippen molar-refractivity contribution in [3.63, 3.8) is 0 Å². The van der Waals surface area contributed by atoms with Crippen molar-refractivity contribution in [2.45, 2.75) is 6.54 Å². The predicted octanol–water partition coefficient (Wildman–Crippen LogP) is 2.61. The highest BCUT2D eigenvalue weighted by molar-refractivity contribution is 5.99. The minimum absolute atomic E-state index is 0.263. The van der Waals surface area contributed by atoms with Gasteiger partial charge in [0.1, 0.15) is 11.4 Å². The van der Waals surface area contributed by atoms with Gasteiger partial charge in [-0.3, -0.25) is 9.59 Å². The molecule has 0 spiro atoms. The maximum Gasteiger partial charge on any atom is 0.282 e. The first kappa shape index (κ1) is 18.5. The number of ether oxygens (including phenoxy) is 1. The van der Waals surface area contributed by atoms with Crippen LogP contribution < -0.4 is 15.6 Å². The molecule has 0 atom stereocenters. The molecule has 29 heavy (non-hydrogen) atoms. The number of aryl methyl sites for hydroxylation is 1. The van der Waals surface area contributed by atoms with Gasteiger partial charge in [-0.1, -0.05) is 36.4 Å². The summed E-state index contributed by atoms with van der Waals surface area (Å²) < 4.78 is 8.34. The summed E-state index contributed by atoms with van der Waals surface area (Å²) >= 11 is 0. The first-order valence-electron chi connectivity index (χ1n) is 9.13. The summed E-state index contributed by atoms with van der Waals surface area (Å²) in [6, 6.07) is 16.6. The monoisotopic (exact) mass is 388 g/mol. The number of para-hydroxylation sites is 2. The van der Waals surface area contributed by atoms with Crippen LogP contribution in [0.25, 0.3) is 16.9 Å². The Morgan fingerprint density at radius 3 is 2.55 bits per heavy atom. The van der Waals surface area contributed by atoms with Crippen LogP contribution in [0.5, 0.6) is 5.75 Å². The minimum Gasteiger partial charge on any atom is -0.496 e. The van der Waals surface area contributed by atoms with Crippen molar-refractivity contribution in [2.24, 2.45) is 7.05 Å². The normalized spacial score (nSPS) is 10.8. The highest BCUT2D eigenvalue weighted by Crippen LogP contribution is 2.22. The lowest BCUT2D eigenvalue weighted by atomic mass is 10.1. The lowest BCUT2D eigenvalue weighted by molar-refractivity contribution is 0.0950. The number of aromatic nitrogens is 3. The highest BCUT2D eigenvalue weighted by Gasteiger charge is 2.24. The predicted molar refractivity (Wildman–Crippen MR) is 110 cm³/mol. The number of carbonyl (C=O) groups is 1. The molecule has 7 heteroatoms. The number of hydrogen-bond donors (Lipinski definition) is 1. The molecule has 0 aromatic heterocycles. The zero-order valence-electron chi connectivity index (χ0n) is 16.1. The van der Waals surface area contributed by atoms with E-state index in [-0.39, 0.29) is 11.5 Å². The summed E-state index contributed by atoms with van der Waals surface area (Å²) in [5, 5.41) is 7.33. The van der Waals surface area contributed by atoms with E-state index in [1.165, 1.54) is 4.68 Å². The zero-order chi connectivity index (χ0) is 20.4. The summed E-state index contributed by atoms with van der Waals surface area (Å²) in [5.41, 5.74) is 2.35. The van der Waals surface area contributed by atoms with Gasteiger partial charge in [-0.15, -0.1) is 0 Å². The van der Waals surface area contributed by atoms with Gasteiger partial charge in [-0.05, 0) is 18.2 Å². The average molecular weight is 388 g/mol. The molecule has 4 rings (SSSR count). The highest BCUT2D eigenvalue weighted by atomic mass is 16.5. The zero-order valence-corrected chi connectivity index (χ0v) is 16.1. The van der Waals surface area contributed by atoms with Crippen molar-refractivity contribution in [2.75, 3.05) is 7.11 Å². The lowest BCUT2D eigenvalue weighted by Gasteiger charge is -2.11. The number of carbonyl (C=O) groups excluding carboxylic acids is 1. The molecule has 2 aromatic rings. The van der Waals surface area contributed by atoms with Gasteiger partial charge >= 0.3 is 0 Å². The van der Waals surface area contributed by atoms with Crippen LogP contribution in [0.15, 0.2) is 71.8 Å². The number of rotatable bonds is 5. The van der Waals surface area contributed by atoms with Crippen LogP contribution in [0.3, 0.4) is 0 Å². The third-order valence-corrected chi connectivity index (χ3v) is 4.68. The van der Waals surface area contributed by atoms with Gasteiger partial charge in [0.15, 0.2) is 0 Å². The summed E-state index contributed by atoms with van der Waals surface area (Å²) in [6.45, 7) is 0.298. The molecule has 1 N–H and O–H groups in total. The van der Waals surface area contributed by atoms with Gasteiger partial charge in [-0.25, -0.2) is 0 Å². The molecular weight excluding hydrogens is 368 g/mol.